The van der Waals surface area contributed by atoms with Gasteiger partial charge in [-0.3, -0.25) is 29.2 Å². The molecule has 1 fully saturated rings. The number of nitrogens with zero attached hydrogens (tertiary/aromatic N) is 4. The molecule has 0 saturated carbocycles. The molecular weight excluding hydrogens is 502 g/mol. The van der Waals surface area contributed by atoms with E-state index in [0.29, 0.717) is 44.2 Å². The third-order valence-electron chi connectivity index (χ3n) is 6.58. The Hall–Kier alpha value is -3.61. The number of fused-ring (bicyclic) bond motifs is 1. The van der Waals surface area contributed by atoms with Crippen molar-refractivity contribution in [2.75, 3.05) is 5.75 Å². The summed E-state index contributed by atoms with van der Waals surface area (Å²) in [6.45, 7) is 0.582. The van der Waals surface area contributed by atoms with Crippen molar-refractivity contribution in [1.82, 2.24) is 25.2 Å². The number of aliphatic carboxylic acids is 1. The highest BCUT2D eigenvalue weighted by atomic mass is 32.2. The molecule has 0 bridgehead atoms. The van der Waals surface area contributed by atoms with Crippen molar-refractivity contribution < 1.29 is 32.7 Å². The predicted octanol–water partition coefficient (Wildman–Crippen LogP) is 1.09. The van der Waals surface area contributed by atoms with E-state index in [0.717, 1.165) is 5.69 Å². The summed E-state index contributed by atoms with van der Waals surface area (Å²) in [6.07, 6.45) is 4.99. The van der Waals surface area contributed by atoms with Crippen molar-refractivity contribution in [2.45, 2.75) is 75.4 Å². The average molecular weight is 532 g/mol. The number of aryl methyl sites for hydroxylation is 2. The van der Waals surface area contributed by atoms with Gasteiger partial charge in [-0.05, 0) is 44.2 Å². The van der Waals surface area contributed by atoms with E-state index in [1.807, 2.05) is 0 Å². The molecule has 4 rings (SSSR count). The Morgan fingerprint density at radius 1 is 1.14 bits per heavy atom. The van der Waals surface area contributed by atoms with Gasteiger partial charge in [-0.25, -0.2) is 8.42 Å². The van der Waals surface area contributed by atoms with Gasteiger partial charge in [-0.15, -0.1) is 5.10 Å². The van der Waals surface area contributed by atoms with E-state index in [4.69, 9.17) is 5.11 Å². The summed E-state index contributed by atoms with van der Waals surface area (Å²) in [6, 6.07) is 3.80. The van der Waals surface area contributed by atoms with E-state index >= 15 is 0 Å². The van der Waals surface area contributed by atoms with Crippen molar-refractivity contribution in [2.24, 2.45) is 0 Å². The maximum Gasteiger partial charge on any atom is 0.303 e. The first kappa shape index (κ1) is 26.5. The van der Waals surface area contributed by atoms with Crippen LogP contribution in [-0.2, 0) is 43.7 Å². The molecule has 2 aromatic rings. The van der Waals surface area contributed by atoms with Crippen LogP contribution >= 0.6 is 0 Å². The number of hydrogen-bond donors (Lipinski definition) is 2. The van der Waals surface area contributed by atoms with Gasteiger partial charge in [0.2, 0.25) is 11.8 Å². The fraction of sp³-hybridized carbons (Fsp3) is 0.500. The lowest BCUT2D eigenvalue weighted by atomic mass is 10.0. The molecule has 37 heavy (non-hydrogen) atoms. The van der Waals surface area contributed by atoms with Crippen LogP contribution in [0.4, 0.5) is 0 Å². The molecule has 12 nitrogen and oxygen atoms in total. The molecule has 1 aromatic carbocycles. The van der Waals surface area contributed by atoms with E-state index < -0.39 is 33.7 Å². The summed E-state index contributed by atoms with van der Waals surface area (Å²) in [5.41, 5.74) is 1.40. The van der Waals surface area contributed by atoms with Crippen LogP contribution in [0.25, 0.3) is 0 Å². The van der Waals surface area contributed by atoms with Gasteiger partial charge in [0, 0.05) is 43.3 Å². The SMILES string of the molecule is O=C(O)CCCc1cn(CCCCCS(=O)(=O)c2cccc3c2CN(C2CCC(=O)NC2=O)C3=O)nn1. The van der Waals surface area contributed by atoms with Crippen molar-refractivity contribution in [3.05, 3.63) is 41.2 Å². The largest absolute Gasteiger partial charge is 0.481 e. The van der Waals surface area contributed by atoms with Crippen LogP contribution in [-0.4, -0.2) is 68.9 Å². The van der Waals surface area contributed by atoms with Crippen LogP contribution < -0.4 is 5.32 Å². The van der Waals surface area contributed by atoms with Gasteiger partial charge >= 0.3 is 5.97 Å². The summed E-state index contributed by atoms with van der Waals surface area (Å²) in [5.74, 6) is -2.25. The number of rotatable bonds is 12. The lowest BCUT2D eigenvalue weighted by Crippen LogP contribution is -2.52. The zero-order chi connectivity index (χ0) is 26.6. The van der Waals surface area contributed by atoms with Gasteiger partial charge in [0.25, 0.3) is 5.91 Å². The average Bonchev–Trinajstić information content (AvgIpc) is 3.43. The highest BCUT2D eigenvalue weighted by Crippen LogP contribution is 2.32. The molecule has 1 unspecified atom stereocenters. The number of carbonyl (C=O) groups excluding carboxylic acids is 3. The number of carboxylic acid groups (broad SMARTS) is 1. The molecule has 198 valence electrons. The van der Waals surface area contributed by atoms with Gasteiger partial charge in [-0.2, -0.15) is 0 Å². The second-order valence-electron chi connectivity index (χ2n) is 9.28. The highest BCUT2D eigenvalue weighted by molar-refractivity contribution is 7.91. The molecule has 0 aliphatic carbocycles. The molecular formula is C24H29N5O7S. The van der Waals surface area contributed by atoms with Gasteiger partial charge in [-0.1, -0.05) is 17.7 Å². The number of aromatic nitrogens is 3. The minimum absolute atomic E-state index is 0.0109. The van der Waals surface area contributed by atoms with Crippen LogP contribution in [0.1, 0.15) is 66.6 Å². The molecule has 1 atom stereocenters. The number of hydrogen-bond acceptors (Lipinski definition) is 8. The van der Waals surface area contributed by atoms with Crippen LogP contribution in [0.2, 0.25) is 0 Å². The van der Waals surface area contributed by atoms with E-state index in [9.17, 15) is 27.6 Å². The number of unbranched alkanes of at least 4 members (excludes halogenated alkanes) is 2. The topological polar surface area (TPSA) is 169 Å². The highest BCUT2D eigenvalue weighted by Gasteiger charge is 2.40. The Morgan fingerprint density at radius 2 is 1.95 bits per heavy atom. The van der Waals surface area contributed by atoms with Crippen LogP contribution in [0, 0.1) is 0 Å². The lowest BCUT2D eigenvalue weighted by molar-refractivity contribution is -0.138. The number of carboxylic acids is 1. The van der Waals surface area contributed by atoms with E-state index in [-0.39, 0.29) is 47.9 Å². The van der Waals surface area contributed by atoms with E-state index in [1.54, 1.807) is 16.9 Å². The minimum Gasteiger partial charge on any atom is -0.481 e. The second kappa shape index (κ2) is 11.2. The molecule has 3 amide bonds. The van der Waals surface area contributed by atoms with Crippen LogP contribution in [0.5, 0.6) is 0 Å². The molecule has 2 aliphatic rings. The summed E-state index contributed by atoms with van der Waals surface area (Å²) < 4.78 is 28.0. The standard InChI is InChI=1S/C24H29N5O7S/c30-21-11-10-19(23(33)25-21)29-15-18-17(24(29)34)7-5-8-20(18)37(35,36)13-3-1-2-12-28-14-16(26-27-28)6-4-9-22(31)32/h5,7-8,14,19H,1-4,6,9-13,15H2,(H,31,32)(H,25,30,33). The first-order chi connectivity index (χ1) is 17.7. The third-order valence-corrected chi connectivity index (χ3v) is 8.46. The van der Waals surface area contributed by atoms with Crippen LogP contribution in [0.3, 0.4) is 0 Å². The maximum atomic E-state index is 13.2. The zero-order valence-electron chi connectivity index (χ0n) is 20.3. The molecule has 2 N–H and O–H groups in total. The predicted molar refractivity (Wildman–Crippen MR) is 129 cm³/mol. The van der Waals surface area contributed by atoms with Gasteiger partial charge in [0.15, 0.2) is 9.84 Å². The maximum absolute atomic E-state index is 13.2. The van der Waals surface area contributed by atoms with Gasteiger partial charge in [0.1, 0.15) is 6.04 Å². The Labute approximate surface area is 213 Å². The normalized spacial score (nSPS) is 17.7. The Balaban J connectivity index is 1.30. The van der Waals surface area contributed by atoms with Crippen molar-refractivity contribution in [3.8, 4) is 0 Å². The fourth-order valence-electron chi connectivity index (χ4n) is 4.68. The summed E-state index contributed by atoms with van der Waals surface area (Å²) in [5, 5.41) is 19.0. The number of nitrogens with one attached hydrogen (secondary N) is 1. The monoisotopic (exact) mass is 531 g/mol. The van der Waals surface area contributed by atoms with Gasteiger partial charge in [0.05, 0.1) is 16.3 Å². The Kier molecular flexibility index (Phi) is 8.00. The smallest absolute Gasteiger partial charge is 0.303 e. The zero-order valence-corrected chi connectivity index (χ0v) is 21.1. The number of amides is 3. The quantitative estimate of drug-likeness (QED) is 0.301. The number of piperidine rings is 1. The fourth-order valence-corrected chi connectivity index (χ4v) is 6.32. The summed E-state index contributed by atoms with van der Waals surface area (Å²) in [7, 11) is -3.66. The van der Waals surface area contributed by atoms with Crippen molar-refractivity contribution in [3.63, 3.8) is 0 Å². The molecule has 1 aromatic heterocycles. The van der Waals surface area contributed by atoms with E-state index in [2.05, 4.69) is 15.6 Å². The molecule has 2 aliphatic heterocycles. The summed E-state index contributed by atoms with van der Waals surface area (Å²) >= 11 is 0. The van der Waals surface area contributed by atoms with Gasteiger partial charge < -0.3 is 10.0 Å². The van der Waals surface area contributed by atoms with Crippen molar-refractivity contribution in [1.29, 1.82) is 0 Å². The number of sulfone groups is 1. The molecule has 0 spiro atoms. The number of imide groups is 1. The van der Waals surface area contributed by atoms with Crippen LogP contribution in [0.15, 0.2) is 29.3 Å². The van der Waals surface area contributed by atoms with Crippen molar-refractivity contribution >= 4 is 33.5 Å². The number of benzene rings is 1. The van der Waals surface area contributed by atoms with E-state index in [1.165, 1.54) is 17.0 Å². The third kappa shape index (κ3) is 6.21. The first-order valence-electron chi connectivity index (χ1n) is 12.3. The lowest BCUT2D eigenvalue weighted by Gasteiger charge is -2.29. The minimum atomic E-state index is -3.66. The first-order valence-corrected chi connectivity index (χ1v) is 13.9. The molecule has 1 saturated heterocycles. The molecule has 0 radical (unpaired) electrons. The Bertz CT molecular complexity index is 1320. The second-order valence-corrected chi connectivity index (χ2v) is 11.4. The molecule has 3 heterocycles. The number of carbonyl (C=O) groups is 4. The Morgan fingerprint density at radius 3 is 2.70 bits per heavy atom. The summed E-state index contributed by atoms with van der Waals surface area (Å²) in [4.78, 5) is 48.7. The molecule has 13 heteroatoms.